The van der Waals surface area contributed by atoms with Crippen LogP contribution >= 0.6 is 0 Å². The van der Waals surface area contributed by atoms with Crippen LogP contribution in [-0.2, 0) is 4.79 Å². The van der Waals surface area contributed by atoms with Gasteiger partial charge in [0.15, 0.2) is 0 Å². The average molecular weight is 154 g/mol. The van der Waals surface area contributed by atoms with Crippen LogP contribution in [0.25, 0.3) is 0 Å². The average Bonchev–Trinajstić information content (AvgIpc) is 1.97. The van der Waals surface area contributed by atoms with Crippen LogP contribution in [0.4, 0.5) is 0 Å². The Hall–Kier alpha value is -0.970. The monoisotopic (exact) mass is 154 g/mol. The third-order valence-corrected chi connectivity index (χ3v) is 1.51. The van der Waals surface area contributed by atoms with Crippen molar-refractivity contribution in [3.05, 3.63) is 0 Å². The van der Waals surface area contributed by atoms with E-state index in [1.54, 1.807) is 6.92 Å². The van der Waals surface area contributed by atoms with Gasteiger partial charge in [0.05, 0.1) is 5.92 Å². The van der Waals surface area contributed by atoms with E-state index in [2.05, 4.69) is 11.8 Å². The molecule has 0 bridgehead atoms. The van der Waals surface area contributed by atoms with E-state index < -0.39 is 5.97 Å². The summed E-state index contributed by atoms with van der Waals surface area (Å²) in [5, 5.41) is 8.66. The summed E-state index contributed by atoms with van der Waals surface area (Å²) in [6.45, 7) is 3.71. The summed E-state index contributed by atoms with van der Waals surface area (Å²) in [5.74, 6) is 4.48. The molecule has 0 unspecified atom stereocenters. The molecule has 1 N–H and O–H groups in total. The number of hydrogen-bond acceptors (Lipinski definition) is 1. The Labute approximate surface area is 67.6 Å². The Morgan fingerprint density at radius 1 is 1.64 bits per heavy atom. The first-order valence-corrected chi connectivity index (χ1v) is 3.84. The molecule has 0 aliphatic heterocycles. The van der Waals surface area contributed by atoms with Crippen molar-refractivity contribution >= 4 is 5.97 Å². The molecule has 2 nitrogen and oxygen atoms in total. The lowest BCUT2D eigenvalue weighted by atomic mass is 10.0. The van der Waals surface area contributed by atoms with E-state index in [0.29, 0.717) is 6.42 Å². The summed E-state index contributed by atoms with van der Waals surface area (Å²) < 4.78 is 0. The predicted molar refractivity (Wildman–Crippen MR) is 44.1 cm³/mol. The van der Waals surface area contributed by atoms with Gasteiger partial charge in [-0.3, -0.25) is 4.79 Å². The van der Waals surface area contributed by atoms with Gasteiger partial charge in [-0.25, -0.2) is 0 Å². The fourth-order valence-corrected chi connectivity index (χ4v) is 0.887. The minimum absolute atomic E-state index is 0.271. The maximum Gasteiger partial charge on any atom is 0.307 e. The van der Waals surface area contributed by atoms with Crippen molar-refractivity contribution in [3.8, 4) is 11.8 Å². The number of hydrogen-bond donors (Lipinski definition) is 1. The van der Waals surface area contributed by atoms with Gasteiger partial charge in [-0.05, 0) is 13.3 Å². The predicted octanol–water partition coefficient (Wildman–Crippen LogP) is 1.90. The van der Waals surface area contributed by atoms with E-state index in [9.17, 15) is 4.79 Å². The van der Waals surface area contributed by atoms with E-state index in [0.717, 1.165) is 12.8 Å². The highest BCUT2D eigenvalue weighted by Crippen LogP contribution is 2.09. The Morgan fingerprint density at radius 2 is 2.27 bits per heavy atom. The highest BCUT2D eigenvalue weighted by molar-refractivity contribution is 5.70. The molecule has 0 aromatic rings. The van der Waals surface area contributed by atoms with Crippen LogP contribution in [0.5, 0.6) is 0 Å². The number of aliphatic carboxylic acids is 1. The summed E-state index contributed by atoms with van der Waals surface area (Å²) in [5.41, 5.74) is 0. The summed E-state index contributed by atoms with van der Waals surface area (Å²) in [6.07, 6.45) is 2.12. The van der Waals surface area contributed by atoms with Crippen molar-refractivity contribution in [1.29, 1.82) is 0 Å². The zero-order chi connectivity index (χ0) is 8.69. The van der Waals surface area contributed by atoms with Gasteiger partial charge in [0.1, 0.15) is 0 Å². The second kappa shape index (κ2) is 5.79. The third kappa shape index (κ3) is 4.44. The molecule has 0 aromatic carbocycles. The lowest BCUT2D eigenvalue weighted by Gasteiger charge is -2.05. The molecule has 0 fully saturated rings. The summed E-state index contributed by atoms with van der Waals surface area (Å²) in [4.78, 5) is 10.5. The first-order chi connectivity index (χ1) is 5.22. The van der Waals surface area contributed by atoms with Crippen molar-refractivity contribution in [2.24, 2.45) is 5.92 Å². The molecule has 0 saturated heterocycles. The highest BCUT2D eigenvalue weighted by atomic mass is 16.4. The van der Waals surface area contributed by atoms with Gasteiger partial charge < -0.3 is 5.11 Å². The zero-order valence-electron chi connectivity index (χ0n) is 7.05. The topological polar surface area (TPSA) is 37.3 Å². The van der Waals surface area contributed by atoms with E-state index in [1.165, 1.54) is 0 Å². The molecule has 0 aliphatic rings. The van der Waals surface area contributed by atoms with Gasteiger partial charge in [0.2, 0.25) is 0 Å². The molecular formula is C9H14O2. The Morgan fingerprint density at radius 3 is 2.64 bits per heavy atom. The normalized spacial score (nSPS) is 11.5. The molecule has 11 heavy (non-hydrogen) atoms. The van der Waals surface area contributed by atoms with Crippen LogP contribution in [0.2, 0.25) is 0 Å². The van der Waals surface area contributed by atoms with Crippen LogP contribution in [-0.4, -0.2) is 11.1 Å². The minimum atomic E-state index is -0.727. The summed E-state index contributed by atoms with van der Waals surface area (Å²) in [7, 11) is 0. The molecule has 0 heterocycles. The second-order valence-corrected chi connectivity index (χ2v) is 2.45. The molecule has 0 amide bonds. The van der Waals surface area contributed by atoms with Crippen molar-refractivity contribution in [2.75, 3.05) is 0 Å². The van der Waals surface area contributed by atoms with Crippen molar-refractivity contribution in [1.82, 2.24) is 0 Å². The molecule has 0 spiro atoms. The van der Waals surface area contributed by atoms with Crippen LogP contribution in [0.1, 0.15) is 33.1 Å². The van der Waals surface area contributed by atoms with Crippen molar-refractivity contribution in [3.63, 3.8) is 0 Å². The first-order valence-electron chi connectivity index (χ1n) is 3.84. The van der Waals surface area contributed by atoms with Gasteiger partial charge in [-0.1, -0.05) is 13.3 Å². The molecule has 0 aromatic heterocycles. The lowest BCUT2D eigenvalue weighted by molar-refractivity contribution is -0.141. The Bertz CT molecular complexity index is 174. The largest absolute Gasteiger partial charge is 0.481 e. The number of carboxylic acid groups (broad SMARTS) is 1. The van der Waals surface area contributed by atoms with Crippen LogP contribution in [0.15, 0.2) is 0 Å². The lowest BCUT2D eigenvalue weighted by Crippen LogP contribution is -2.12. The summed E-state index contributed by atoms with van der Waals surface area (Å²) in [6, 6.07) is 0. The zero-order valence-corrected chi connectivity index (χ0v) is 7.05. The second-order valence-electron chi connectivity index (χ2n) is 2.45. The van der Waals surface area contributed by atoms with Crippen LogP contribution in [0.3, 0.4) is 0 Å². The van der Waals surface area contributed by atoms with E-state index in [-0.39, 0.29) is 5.92 Å². The van der Waals surface area contributed by atoms with E-state index in [1.807, 2.05) is 6.92 Å². The number of carbonyl (C=O) groups is 1. The first kappa shape index (κ1) is 10.0. The molecule has 2 heteroatoms. The maximum absolute atomic E-state index is 10.5. The van der Waals surface area contributed by atoms with Gasteiger partial charge in [-0.2, -0.15) is 0 Å². The van der Waals surface area contributed by atoms with E-state index in [4.69, 9.17) is 5.11 Å². The van der Waals surface area contributed by atoms with Crippen molar-refractivity contribution in [2.45, 2.75) is 33.1 Å². The maximum atomic E-state index is 10.5. The molecule has 0 radical (unpaired) electrons. The molecule has 1 atom stereocenters. The van der Waals surface area contributed by atoms with Gasteiger partial charge in [0.25, 0.3) is 0 Å². The third-order valence-electron chi connectivity index (χ3n) is 1.51. The fraction of sp³-hybridized carbons (Fsp3) is 0.667. The minimum Gasteiger partial charge on any atom is -0.481 e. The van der Waals surface area contributed by atoms with Gasteiger partial charge in [-0.15, -0.1) is 11.8 Å². The molecule has 0 aliphatic carbocycles. The Kier molecular flexibility index (Phi) is 5.28. The number of rotatable bonds is 4. The van der Waals surface area contributed by atoms with Crippen LogP contribution < -0.4 is 0 Å². The molecule has 0 saturated carbocycles. The van der Waals surface area contributed by atoms with Crippen LogP contribution in [0, 0.1) is 17.8 Å². The van der Waals surface area contributed by atoms with Crippen molar-refractivity contribution < 1.29 is 9.90 Å². The molecule has 0 rings (SSSR count). The van der Waals surface area contributed by atoms with E-state index >= 15 is 0 Å². The summed E-state index contributed by atoms with van der Waals surface area (Å²) >= 11 is 0. The Balaban J connectivity index is 3.85. The molecular weight excluding hydrogens is 140 g/mol. The SMILES string of the molecule is CC#CC[C@H](CCC)C(=O)O. The quantitative estimate of drug-likeness (QED) is 0.628. The number of carboxylic acids is 1. The fourth-order valence-electron chi connectivity index (χ4n) is 0.887. The smallest absolute Gasteiger partial charge is 0.307 e. The highest BCUT2D eigenvalue weighted by Gasteiger charge is 2.13. The van der Waals surface area contributed by atoms with Gasteiger partial charge >= 0.3 is 5.97 Å². The van der Waals surface area contributed by atoms with Gasteiger partial charge in [0, 0.05) is 6.42 Å². The standard InChI is InChI=1S/C9H14O2/c1-3-5-7-8(6-4-2)9(10)11/h8H,4,6-7H2,1-2H3,(H,10,11)/t8-/m0/s1. The molecule has 62 valence electrons.